The number of carbonyl (C=O) groups is 1. The molecular formula is C12H15N5O6. The van der Waals surface area contributed by atoms with E-state index in [0.717, 1.165) is 6.20 Å². The molecule has 0 fully saturated rings. The maximum atomic E-state index is 12.0. The Balaban J connectivity index is 2.29. The van der Waals surface area contributed by atoms with Crippen LogP contribution in [-0.4, -0.2) is 65.6 Å². The highest BCUT2D eigenvalue weighted by Crippen LogP contribution is 2.15. The highest BCUT2D eigenvalue weighted by molar-refractivity contribution is 5.70. The fourth-order valence-electron chi connectivity index (χ4n) is 1.74. The number of aliphatic hydroxyl groups is 3. The van der Waals surface area contributed by atoms with Crippen molar-refractivity contribution in [1.29, 1.82) is 0 Å². The number of fused-ring (bicyclic) bond motifs is 1. The lowest BCUT2D eigenvalue weighted by molar-refractivity contribution is -0.136. The van der Waals surface area contributed by atoms with Crippen molar-refractivity contribution in [1.82, 2.24) is 19.9 Å². The second-order valence-corrected chi connectivity index (χ2v) is 4.65. The first-order valence-electron chi connectivity index (χ1n) is 6.62. The number of hydrogen-bond donors (Lipinski definition) is 6. The minimum atomic E-state index is -1.50. The van der Waals surface area contributed by atoms with Crippen LogP contribution in [0.2, 0.25) is 0 Å². The summed E-state index contributed by atoms with van der Waals surface area (Å²) in [4.78, 5) is 36.5. The molecule has 0 saturated heterocycles. The second kappa shape index (κ2) is 7.09. The average molecular weight is 325 g/mol. The van der Waals surface area contributed by atoms with Crippen LogP contribution in [0.5, 0.6) is 0 Å². The van der Waals surface area contributed by atoms with Crippen LogP contribution in [0.3, 0.4) is 0 Å². The van der Waals surface area contributed by atoms with Crippen molar-refractivity contribution in [2.45, 2.75) is 18.6 Å². The zero-order valence-corrected chi connectivity index (χ0v) is 11.8. The molecule has 0 aliphatic rings. The first-order chi connectivity index (χ1) is 10.9. The van der Waals surface area contributed by atoms with Gasteiger partial charge in [-0.3, -0.25) is 14.6 Å². The van der Waals surface area contributed by atoms with E-state index in [-0.39, 0.29) is 35.8 Å². The predicted octanol–water partition coefficient (Wildman–Crippen LogP) is -2.01. The summed E-state index contributed by atoms with van der Waals surface area (Å²) in [5.74, 6) is -0.955. The summed E-state index contributed by atoms with van der Waals surface area (Å²) in [6.07, 6.45) is -1.98. The van der Waals surface area contributed by atoms with E-state index in [2.05, 4.69) is 25.3 Å². The van der Waals surface area contributed by atoms with Crippen molar-refractivity contribution in [3.8, 4) is 0 Å². The van der Waals surface area contributed by atoms with Crippen LogP contribution < -0.4 is 10.9 Å². The molecule has 0 amide bonds. The van der Waals surface area contributed by atoms with Gasteiger partial charge in [-0.2, -0.15) is 4.98 Å². The van der Waals surface area contributed by atoms with Gasteiger partial charge in [0.1, 0.15) is 12.2 Å². The Morgan fingerprint density at radius 2 is 2.09 bits per heavy atom. The lowest BCUT2D eigenvalue weighted by atomic mass is 10.1. The number of aliphatic carboxylic acids is 1. The number of anilines is 1. The van der Waals surface area contributed by atoms with Crippen LogP contribution >= 0.6 is 0 Å². The van der Waals surface area contributed by atoms with Gasteiger partial charge in [-0.15, -0.1) is 0 Å². The van der Waals surface area contributed by atoms with Gasteiger partial charge in [0.05, 0.1) is 24.9 Å². The number of nitrogens with one attached hydrogen (secondary N) is 2. The highest BCUT2D eigenvalue weighted by atomic mass is 16.4. The van der Waals surface area contributed by atoms with Gasteiger partial charge >= 0.3 is 5.97 Å². The molecule has 6 N–H and O–H groups in total. The van der Waals surface area contributed by atoms with Crippen LogP contribution in [0.1, 0.15) is 18.2 Å². The van der Waals surface area contributed by atoms with E-state index in [9.17, 15) is 19.8 Å². The molecule has 124 valence electrons. The number of aliphatic hydroxyl groups excluding tert-OH is 3. The van der Waals surface area contributed by atoms with Crippen molar-refractivity contribution in [3.05, 3.63) is 22.2 Å². The Hall–Kier alpha value is -2.63. The quantitative estimate of drug-likeness (QED) is 0.332. The summed E-state index contributed by atoms with van der Waals surface area (Å²) in [6, 6.07) is 0. The largest absolute Gasteiger partial charge is 0.481 e. The summed E-state index contributed by atoms with van der Waals surface area (Å²) in [7, 11) is 0. The third-order valence-corrected chi connectivity index (χ3v) is 2.92. The van der Waals surface area contributed by atoms with Crippen molar-refractivity contribution in [2.24, 2.45) is 0 Å². The number of H-pyrrole nitrogens is 1. The molecule has 0 saturated carbocycles. The third-order valence-electron chi connectivity index (χ3n) is 2.92. The van der Waals surface area contributed by atoms with Crippen molar-refractivity contribution >= 4 is 23.1 Å². The summed E-state index contributed by atoms with van der Waals surface area (Å²) < 4.78 is 0. The maximum Gasteiger partial charge on any atom is 0.305 e. The van der Waals surface area contributed by atoms with Crippen LogP contribution in [0.15, 0.2) is 11.0 Å². The van der Waals surface area contributed by atoms with Gasteiger partial charge in [0.15, 0.2) is 11.2 Å². The molecule has 0 radical (unpaired) electrons. The minimum Gasteiger partial charge on any atom is -0.481 e. The Morgan fingerprint density at radius 3 is 2.74 bits per heavy atom. The molecule has 2 aromatic rings. The van der Waals surface area contributed by atoms with Crippen LogP contribution in [0.4, 0.5) is 5.95 Å². The lowest BCUT2D eigenvalue weighted by Crippen LogP contribution is -2.24. The topological polar surface area (TPSA) is 182 Å². The molecule has 0 spiro atoms. The molecule has 2 heterocycles. The molecule has 0 unspecified atom stereocenters. The molecule has 0 bridgehead atoms. The van der Waals surface area contributed by atoms with Crippen molar-refractivity contribution < 1.29 is 25.2 Å². The monoisotopic (exact) mass is 325 g/mol. The van der Waals surface area contributed by atoms with Crippen LogP contribution in [0.25, 0.3) is 11.2 Å². The fraction of sp³-hybridized carbons (Fsp3) is 0.417. The van der Waals surface area contributed by atoms with E-state index < -0.39 is 30.3 Å². The highest BCUT2D eigenvalue weighted by Gasteiger charge is 2.20. The van der Waals surface area contributed by atoms with E-state index in [0.29, 0.717) is 0 Å². The summed E-state index contributed by atoms with van der Waals surface area (Å²) in [5, 5.41) is 39.1. The van der Waals surface area contributed by atoms with Gasteiger partial charge in [0, 0.05) is 6.54 Å². The number of nitrogens with zero attached hydrogens (tertiary/aromatic N) is 3. The summed E-state index contributed by atoms with van der Waals surface area (Å²) >= 11 is 0. The standard InChI is InChI=1S/C12H15N5O6/c18-4-6(19)9(22)5-3-14-10-8(15-5)11(23)17-12(16-10)13-2-1-7(20)21/h3,6,9,18-19,22H,1-2,4H2,(H,20,21)(H2,13,14,16,17,23)/t6-,9+/m1/s1. The van der Waals surface area contributed by atoms with E-state index in [1.54, 1.807) is 0 Å². The smallest absolute Gasteiger partial charge is 0.305 e. The Labute approximate surface area is 128 Å². The molecule has 2 aromatic heterocycles. The Morgan fingerprint density at radius 1 is 1.35 bits per heavy atom. The van der Waals surface area contributed by atoms with Gasteiger partial charge in [-0.25, -0.2) is 9.97 Å². The van der Waals surface area contributed by atoms with Crippen molar-refractivity contribution in [2.75, 3.05) is 18.5 Å². The first-order valence-corrected chi connectivity index (χ1v) is 6.62. The molecule has 2 atom stereocenters. The number of carboxylic acid groups (broad SMARTS) is 1. The van der Waals surface area contributed by atoms with Crippen LogP contribution in [-0.2, 0) is 4.79 Å². The molecular weight excluding hydrogens is 310 g/mol. The number of hydrogen-bond acceptors (Lipinski definition) is 9. The molecule has 11 nitrogen and oxygen atoms in total. The number of rotatable bonds is 7. The van der Waals surface area contributed by atoms with Gasteiger partial charge in [0.2, 0.25) is 5.95 Å². The molecule has 0 aromatic carbocycles. The Kier molecular flexibility index (Phi) is 5.16. The molecule has 0 aliphatic carbocycles. The van der Waals surface area contributed by atoms with Gasteiger partial charge in [-0.05, 0) is 0 Å². The van der Waals surface area contributed by atoms with Gasteiger partial charge in [0.25, 0.3) is 5.56 Å². The third kappa shape index (κ3) is 3.97. The summed E-state index contributed by atoms with van der Waals surface area (Å²) in [6.45, 7) is -0.612. The zero-order chi connectivity index (χ0) is 17.0. The second-order valence-electron chi connectivity index (χ2n) is 4.65. The van der Waals surface area contributed by atoms with Gasteiger partial charge < -0.3 is 25.7 Å². The normalized spacial score (nSPS) is 13.7. The van der Waals surface area contributed by atoms with E-state index in [1.807, 2.05) is 0 Å². The van der Waals surface area contributed by atoms with E-state index in [1.165, 1.54) is 0 Å². The fourth-order valence-corrected chi connectivity index (χ4v) is 1.74. The molecule has 2 rings (SSSR count). The van der Waals surface area contributed by atoms with E-state index >= 15 is 0 Å². The number of aromatic amines is 1. The predicted molar refractivity (Wildman–Crippen MR) is 76.7 cm³/mol. The zero-order valence-electron chi connectivity index (χ0n) is 11.8. The Bertz CT molecular complexity index is 763. The number of aromatic nitrogens is 4. The molecule has 23 heavy (non-hydrogen) atoms. The molecule has 11 heteroatoms. The number of carboxylic acids is 1. The average Bonchev–Trinajstić information content (AvgIpc) is 2.53. The molecule has 0 aliphatic heterocycles. The van der Waals surface area contributed by atoms with Gasteiger partial charge in [-0.1, -0.05) is 0 Å². The maximum absolute atomic E-state index is 12.0. The van der Waals surface area contributed by atoms with Crippen molar-refractivity contribution in [3.63, 3.8) is 0 Å². The van der Waals surface area contributed by atoms with Crippen LogP contribution in [0, 0.1) is 0 Å². The van der Waals surface area contributed by atoms with E-state index in [4.69, 9.17) is 10.2 Å². The SMILES string of the molecule is O=C(O)CCNc1nc2ncc([C@H](O)[C@H](O)CO)nc2c(=O)[nH]1. The lowest BCUT2D eigenvalue weighted by Gasteiger charge is -2.14. The summed E-state index contributed by atoms with van der Waals surface area (Å²) in [5.41, 5.74) is -0.901. The first kappa shape index (κ1) is 16.7. The minimum absolute atomic E-state index is 0.0130.